The Morgan fingerprint density at radius 1 is 1.24 bits per heavy atom. The van der Waals surface area contributed by atoms with E-state index in [2.05, 4.69) is 38.2 Å². The molecule has 0 bridgehead atoms. The van der Waals surface area contributed by atoms with Crippen molar-refractivity contribution >= 4 is 11.6 Å². The van der Waals surface area contributed by atoms with Gasteiger partial charge in [-0.15, -0.1) is 0 Å². The Hall–Kier alpha value is -0.570. The van der Waals surface area contributed by atoms with E-state index in [1.165, 1.54) is 24.8 Å². The molecule has 2 nitrogen and oxygen atoms in total. The number of hydrogen-bond donors (Lipinski definition) is 1. The maximum atomic E-state index is 6.43. The van der Waals surface area contributed by atoms with Gasteiger partial charge in [-0.1, -0.05) is 29.8 Å². The number of benzene rings is 1. The topological polar surface area (TPSA) is 21.3 Å². The second-order valence-electron chi connectivity index (χ2n) is 7.14. The standard InChI is InChI=1S/C18H28ClNO/c1-18(2,3)20-13-15(12-14-8-10-21-11-9-14)16-6-4-5-7-17(16)19/h4-7,14-15,20H,8-13H2,1-3H3. The second kappa shape index (κ2) is 7.62. The van der Waals surface area contributed by atoms with Gasteiger partial charge in [0.2, 0.25) is 0 Å². The summed E-state index contributed by atoms with van der Waals surface area (Å²) < 4.78 is 5.48. The van der Waals surface area contributed by atoms with Gasteiger partial charge in [0.15, 0.2) is 0 Å². The SMILES string of the molecule is CC(C)(C)NCC(CC1CCOCC1)c1ccccc1Cl. The van der Waals surface area contributed by atoms with Crippen LogP contribution >= 0.6 is 11.6 Å². The van der Waals surface area contributed by atoms with Gasteiger partial charge in [0, 0.05) is 30.3 Å². The van der Waals surface area contributed by atoms with E-state index in [9.17, 15) is 0 Å². The van der Waals surface area contributed by atoms with Crippen molar-refractivity contribution in [2.45, 2.75) is 51.5 Å². The summed E-state index contributed by atoms with van der Waals surface area (Å²) in [4.78, 5) is 0. The van der Waals surface area contributed by atoms with Crippen molar-refractivity contribution in [1.29, 1.82) is 0 Å². The third kappa shape index (κ3) is 5.61. The van der Waals surface area contributed by atoms with Crippen LogP contribution in [0.25, 0.3) is 0 Å². The molecular weight excluding hydrogens is 282 g/mol. The van der Waals surface area contributed by atoms with E-state index in [0.717, 1.165) is 30.7 Å². The van der Waals surface area contributed by atoms with Crippen LogP contribution in [0.4, 0.5) is 0 Å². The Balaban J connectivity index is 2.07. The fraction of sp³-hybridized carbons (Fsp3) is 0.667. The van der Waals surface area contributed by atoms with Crippen molar-refractivity contribution in [2.24, 2.45) is 5.92 Å². The highest BCUT2D eigenvalue weighted by atomic mass is 35.5. The molecule has 1 N–H and O–H groups in total. The van der Waals surface area contributed by atoms with Gasteiger partial charge in [0.05, 0.1) is 0 Å². The molecule has 1 aliphatic heterocycles. The third-order valence-electron chi connectivity index (χ3n) is 4.18. The van der Waals surface area contributed by atoms with Gasteiger partial charge in [-0.2, -0.15) is 0 Å². The Labute approximate surface area is 134 Å². The molecule has 118 valence electrons. The Bertz CT molecular complexity index is 435. The number of ether oxygens (including phenoxy) is 1. The molecule has 1 saturated heterocycles. The van der Waals surface area contributed by atoms with E-state index in [0.29, 0.717) is 5.92 Å². The van der Waals surface area contributed by atoms with Crippen molar-refractivity contribution in [2.75, 3.05) is 19.8 Å². The fourth-order valence-corrected chi connectivity index (χ4v) is 3.23. The molecule has 0 amide bonds. The lowest BCUT2D eigenvalue weighted by Gasteiger charge is -2.30. The first kappa shape index (κ1) is 16.8. The molecule has 1 unspecified atom stereocenters. The molecule has 3 heteroatoms. The molecule has 0 radical (unpaired) electrons. The van der Waals surface area contributed by atoms with Crippen molar-refractivity contribution < 1.29 is 4.74 Å². The van der Waals surface area contributed by atoms with E-state index < -0.39 is 0 Å². The number of halogens is 1. The highest BCUT2D eigenvalue weighted by Gasteiger charge is 2.23. The van der Waals surface area contributed by atoms with Gasteiger partial charge in [0.25, 0.3) is 0 Å². The molecule has 1 atom stereocenters. The molecule has 0 spiro atoms. The third-order valence-corrected chi connectivity index (χ3v) is 4.53. The smallest absolute Gasteiger partial charge is 0.0468 e. The maximum Gasteiger partial charge on any atom is 0.0468 e. The van der Waals surface area contributed by atoms with Gasteiger partial charge >= 0.3 is 0 Å². The molecule has 21 heavy (non-hydrogen) atoms. The number of rotatable bonds is 5. The minimum atomic E-state index is 0.134. The van der Waals surface area contributed by atoms with Crippen LogP contribution in [0.15, 0.2) is 24.3 Å². The predicted molar refractivity (Wildman–Crippen MR) is 90.1 cm³/mol. The fourth-order valence-electron chi connectivity index (χ4n) is 2.94. The van der Waals surface area contributed by atoms with Crippen molar-refractivity contribution in [3.8, 4) is 0 Å². The zero-order valence-corrected chi connectivity index (χ0v) is 14.2. The first-order valence-electron chi connectivity index (χ1n) is 8.03. The molecular formula is C18H28ClNO. The highest BCUT2D eigenvalue weighted by molar-refractivity contribution is 6.31. The van der Waals surface area contributed by atoms with Crippen LogP contribution in [-0.2, 0) is 4.74 Å². The van der Waals surface area contributed by atoms with Crippen LogP contribution in [0.3, 0.4) is 0 Å². The summed E-state index contributed by atoms with van der Waals surface area (Å²) in [6.07, 6.45) is 3.54. The lowest BCUT2D eigenvalue weighted by atomic mass is 9.84. The average molecular weight is 310 g/mol. The quantitative estimate of drug-likeness (QED) is 0.856. The van der Waals surface area contributed by atoms with Crippen LogP contribution in [0.2, 0.25) is 5.02 Å². The normalized spacial score (nSPS) is 18.7. The molecule has 2 rings (SSSR count). The maximum absolute atomic E-state index is 6.43. The van der Waals surface area contributed by atoms with Crippen molar-refractivity contribution in [3.63, 3.8) is 0 Å². The summed E-state index contributed by atoms with van der Waals surface area (Å²) in [7, 11) is 0. The van der Waals surface area contributed by atoms with E-state index in [4.69, 9.17) is 16.3 Å². The Morgan fingerprint density at radius 2 is 1.90 bits per heavy atom. The average Bonchev–Trinajstić information content (AvgIpc) is 2.44. The number of hydrogen-bond acceptors (Lipinski definition) is 2. The summed E-state index contributed by atoms with van der Waals surface area (Å²) in [5.41, 5.74) is 1.41. The molecule has 1 aromatic rings. The molecule has 0 aliphatic carbocycles. The van der Waals surface area contributed by atoms with Crippen LogP contribution in [0, 0.1) is 5.92 Å². The van der Waals surface area contributed by atoms with Crippen LogP contribution in [0.5, 0.6) is 0 Å². The lowest BCUT2D eigenvalue weighted by Crippen LogP contribution is -2.39. The zero-order chi connectivity index (χ0) is 15.3. The van der Waals surface area contributed by atoms with Gasteiger partial charge in [-0.3, -0.25) is 0 Å². The zero-order valence-electron chi connectivity index (χ0n) is 13.5. The monoisotopic (exact) mass is 309 g/mol. The second-order valence-corrected chi connectivity index (χ2v) is 7.55. The van der Waals surface area contributed by atoms with Crippen molar-refractivity contribution in [1.82, 2.24) is 5.32 Å². The summed E-state index contributed by atoms with van der Waals surface area (Å²) in [5, 5.41) is 4.54. The first-order chi connectivity index (χ1) is 9.96. The van der Waals surface area contributed by atoms with Gasteiger partial charge in [-0.05, 0) is 63.5 Å². The molecule has 1 aliphatic rings. The van der Waals surface area contributed by atoms with E-state index in [1.807, 2.05) is 12.1 Å². The van der Waals surface area contributed by atoms with Gasteiger partial charge < -0.3 is 10.1 Å². The molecule has 0 saturated carbocycles. The van der Waals surface area contributed by atoms with Gasteiger partial charge in [0.1, 0.15) is 0 Å². The molecule has 1 aromatic carbocycles. The predicted octanol–water partition coefficient (Wildman–Crippen LogP) is 4.63. The minimum absolute atomic E-state index is 0.134. The van der Waals surface area contributed by atoms with E-state index in [-0.39, 0.29) is 5.54 Å². The summed E-state index contributed by atoms with van der Waals surface area (Å²) in [6.45, 7) is 9.44. The van der Waals surface area contributed by atoms with Gasteiger partial charge in [-0.25, -0.2) is 0 Å². The molecule has 1 heterocycles. The Kier molecular flexibility index (Phi) is 6.09. The van der Waals surface area contributed by atoms with Crippen LogP contribution in [0.1, 0.15) is 51.5 Å². The Morgan fingerprint density at radius 3 is 2.52 bits per heavy atom. The van der Waals surface area contributed by atoms with Crippen molar-refractivity contribution in [3.05, 3.63) is 34.9 Å². The molecule has 1 fully saturated rings. The van der Waals surface area contributed by atoms with Crippen LogP contribution < -0.4 is 5.32 Å². The summed E-state index contributed by atoms with van der Waals surface area (Å²) in [6, 6.07) is 8.28. The largest absolute Gasteiger partial charge is 0.381 e. The van der Waals surface area contributed by atoms with Crippen LogP contribution in [-0.4, -0.2) is 25.3 Å². The first-order valence-corrected chi connectivity index (χ1v) is 8.41. The molecule has 0 aromatic heterocycles. The lowest BCUT2D eigenvalue weighted by molar-refractivity contribution is 0.0614. The van der Waals surface area contributed by atoms with E-state index in [1.54, 1.807) is 0 Å². The minimum Gasteiger partial charge on any atom is -0.381 e. The summed E-state index contributed by atoms with van der Waals surface area (Å²) in [5.74, 6) is 1.22. The highest BCUT2D eigenvalue weighted by Crippen LogP contribution is 2.32. The number of nitrogens with one attached hydrogen (secondary N) is 1. The van der Waals surface area contributed by atoms with E-state index >= 15 is 0 Å². The summed E-state index contributed by atoms with van der Waals surface area (Å²) >= 11 is 6.43.